The molecule has 2 N–H and O–H groups in total. The molecule has 0 aliphatic heterocycles. The molecule has 80 valence electrons. The number of nitriles is 1. The molecule has 4 heteroatoms. The first-order valence-electron chi connectivity index (χ1n) is 4.56. The summed E-state index contributed by atoms with van der Waals surface area (Å²) in [5.74, 6) is 0. The molecule has 0 heterocycles. The average Bonchev–Trinajstić information content (AvgIpc) is 2.21. The first-order chi connectivity index (χ1) is 7.07. The molecule has 0 aromatic heterocycles. The van der Waals surface area contributed by atoms with Gasteiger partial charge in [0.1, 0.15) is 6.10 Å². The van der Waals surface area contributed by atoms with Gasteiger partial charge in [0, 0.05) is 10.6 Å². The highest BCUT2D eigenvalue weighted by atomic mass is 35.5. The largest absolute Gasteiger partial charge is 0.389 e. The van der Waals surface area contributed by atoms with E-state index in [1.165, 1.54) is 0 Å². The molecular weight excluding hydrogens is 214 g/mol. The molecule has 0 saturated carbocycles. The van der Waals surface area contributed by atoms with E-state index in [0.29, 0.717) is 10.6 Å². The van der Waals surface area contributed by atoms with Crippen molar-refractivity contribution in [2.24, 2.45) is 0 Å². The summed E-state index contributed by atoms with van der Waals surface area (Å²) < 4.78 is 0. The average molecular weight is 226 g/mol. The third kappa shape index (κ3) is 2.69. The van der Waals surface area contributed by atoms with E-state index in [1.807, 2.05) is 13.0 Å². The minimum atomic E-state index is -1.11. The minimum absolute atomic E-state index is 0.120. The summed E-state index contributed by atoms with van der Waals surface area (Å²) in [5.41, 5.74) is 1.29. The zero-order valence-corrected chi connectivity index (χ0v) is 9.07. The lowest BCUT2D eigenvalue weighted by molar-refractivity contribution is 0.0216. The Balaban J connectivity index is 2.96. The van der Waals surface area contributed by atoms with Crippen LogP contribution in [0, 0.1) is 18.3 Å². The fourth-order valence-electron chi connectivity index (χ4n) is 1.31. The zero-order valence-electron chi connectivity index (χ0n) is 8.31. The van der Waals surface area contributed by atoms with E-state index < -0.39 is 12.2 Å². The quantitative estimate of drug-likeness (QED) is 0.827. The fraction of sp³-hybridized carbons (Fsp3) is 0.364. The molecule has 3 nitrogen and oxygen atoms in total. The number of aryl methyl sites for hydroxylation is 1. The van der Waals surface area contributed by atoms with E-state index in [4.69, 9.17) is 16.9 Å². The van der Waals surface area contributed by atoms with Crippen molar-refractivity contribution in [2.45, 2.75) is 25.6 Å². The van der Waals surface area contributed by atoms with Gasteiger partial charge in [-0.1, -0.05) is 29.8 Å². The van der Waals surface area contributed by atoms with Crippen LogP contribution in [0.3, 0.4) is 0 Å². The topological polar surface area (TPSA) is 64.2 Å². The van der Waals surface area contributed by atoms with Gasteiger partial charge in [0.2, 0.25) is 0 Å². The normalized spacial score (nSPS) is 14.3. The van der Waals surface area contributed by atoms with E-state index >= 15 is 0 Å². The monoisotopic (exact) mass is 225 g/mol. The number of hydrogen-bond acceptors (Lipinski definition) is 3. The lowest BCUT2D eigenvalue weighted by Gasteiger charge is -2.17. The van der Waals surface area contributed by atoms with Gasteiger partial charge in [0.25, 0.3) is 0 Å². The maximum absolute atomic E-state index is 9.74. The van der Waals surface area contributed by atoms with E-state index in [9.17, 15) is 10.2 Å². The van der Waals surface area contributed by atoms with Crippen molar-refractivity contribution in [2.75, 3.05) is 0 Å². The summed E-state index contributed by atoms with van der Waals surface area (Å²) >= 11 is 5.98. The molecule has 1 aromatic carbocycles. The third-order valence-electron chi connectivity index (χ3n) is 2.21. The minimum Gasteiger partial charge on any atom is -0.389 e. The second-order valence-corrected chi connectivity index (χ2v) is 3.73. The smallest absolute Gasteiger partial charge is 0.107 e. The molecule has 0 amide bonds. The predicted octanol–water partition coefficient (Wildman–Crippen LogP) is 1.96. The Kier molecular flexibility index (Phi) is 4.10. The fourth-order valence-corrected chi connectivity index (χ4v) is 1.55. The molecule has 2 unspecified atom stereocenters. The third-order valence-corrected chi connectivity index (χ3v) is 2.72. The number of nitrogens with zero attached hydrogens (tertiary/aromatic N) is 1. The highest BCUT2D eigenvalue weighted by Gasteiger charge is 2.20. The molecule has 0 aliphatic carbocycles. The summed E-state index contributed by atoms with van der Waals surface area (Å²) in [6, 6.07) is 7.00. The number of halogens is 1. The SMILES string of the molecule is Cc1cccc(C(O)C(O)CC#N)c1Cl. The van der Waals surface area contributed by atoms with Crippen molar-refractivity contribution in [1.82, 2.24) is 0 Å². The van der Waals surface area contributed by atoms with Crippen LogP contribution < -0.4 is 0 Å². The second-order valence-electron chi connectivity index (χ2n) is 3.35. The first kappa shape index (κ1) is 12.0. The van der Waals surface area contributed by atoms with Crippen LogP contribution in [-0.4, -0.2) is 16.3 Å². The summed E-state index contributed by atoms with van der Waals surface area (Å²) in [7, 11) is 0. The summed E-state index contributed by atoms with van der Waals surface area (Å²) in [6.45, 7) is 1.81. The van der Waals surface area contributed by atoms with Gasteiger partial charge in [-0.25, -0.2) is 0 Å². The van der Waals surface area contributed by atoms with Crippen molar-refractivity contribution in [3.8, 4) is 6.07 Å². The molecule has 1 rings (SSSR count). The Morgan fingerprint density at radius 3 is 2.73 bits per heavy atom. The van der Waals surface area contributed by atoms with Gasteiger partial charge < -0.3 is 10.2 Å². The van der Waals surface area contributed by atoms with Crippen LogP contribution in [-0.2, 0) is 0 Å². The molecule has 0 radical (unpaired) electrons. The van der Waals surface area contributed by atoms with Gasteiger partial charge in [-0.2, -0.15) is 5.26 Å². The number of rotatable bonds is 3. The Hall–Kier alpha value is -1.08. The summed E-state index contributed by atoms with van der Waals surface area (Å²) in [6.07, 6.45) is -2.34. The van der Waals surface area contributed by atoms with Gasteiger partial charge in [0.15, 0.2) is 0 Å². The van der Waals surface area contributed by atoms with Crippen LogP contribution in [0.25, 0.3) is 0 Å². The van der Waals surface area contributed by atoms with Gasteiger partial charge in [-0.05, 0) is 12.5 Å². The van der Waals surface area contributed by atoms with Crippen LogP contribution in [0.2, 0.25) is 5.02 Å². The standard InChI is InChI=1S/C11H12ClNO2/c1-7-3-2-4-8(10(7)12)11(15)9(14)5-6-13/h2-4,9,11,14-15H,5H2,1H3. The Bertz CT molecular complexity index is 387. The van der Waals surface area contributed by atoms with Crippen molar-refractivity contribution < 1.29 is 10.2 Å². The maximum atomic E-state index is 9.74. The molecule has 0 spiro atoms. The Morgan fingerprint density at radius 2 is 2.13 bits per heavy atom. The van der Waals surface area contributed by atoms with Crippen LogP contribution >= 0.6 is 11.6 Å². The van der Waals surface area contributed by atoms with Gasteiger partial charge in [0.05, 0.1) is 18.6 Å². The lowest BCUT2D eigenvalue weighted by Crippen LogP contribution is -2.17. The van der Waals surface area contributed by atoms with E-state index in [1.54, 1.807) is 18.2 Å². The van der Waals surface area contributed by atoms with Crippen LogP contribution in [0.5, 0.6) is 0 Å². The summed E-state index contributed by atoms with van der Waals surface area (Å²) in [5, 5.41) is 28.0. The molecule has 0 fully saturated rings. The van der Waals surface area contributed by atoms with Crippen molar-refractivity contribution >= 4 is 11.6 Å². The lowest BCUT2D eigenvalue weighted by atomic mass is 10.0. The number of aliphatic hydroxyl groups is 2. The molecular formula is C11H12ClNO2. The first-order valence-corrected chi connectivity index (χ1v) is 4.93. The van der Waals surface area contributed by atoms with E-state index in [-0.39, 0.29) is 6.42 Å². The molecule has 1 aromatic rings. The number of aliphatic hydroxyl groups excluding tert-OH is 2. The van der Waals surface area contributed by atoms with E-state index in [2.05, 4.69) is 0 Å². The van der Waals surface area contributed by atoms with Crippen molar-refractivity contribution in [3.05, 3.63) is 34.3 Å². The van der Waals surface area contributed by atoms with Crippen LogP contribution in [0.4, 0.5) is 0 Å². The Morgan fingerprint density at radius 1 is 1.47 bits per heavy atom. The highest BCUT2D eigenvalue weighted by Crippen LogP contribution is 2.28. The maximum Gasteiger partial charge on any atom is 0.107 e. The number of hydrogen-bond donors (Lipinski definition) is 2. The molecule has 15 heavy (non-hydrogen) atoms. The van der Waals surface area contributed by atoms with Gasteiger partial charge in [-0.3, -0.25) is 0 Å². The zero-order chi connectivity index (χ0) is 11.4. The molecule has 2 atom stereocenters. The van der Waals surface area contributed by atoms with Crippen molar-refractivity contribution in [1.29, 1.82) is 5.26 Å². The van der Waals surface area contributed by atoms with Gasteiger partial charge in [-0.15, -0.1) is 0 Å². The van der Waals surface area contributed by atoms with Crippen LogP contribution in [0.1, 0.15) is 23.7 Å². The second kappa shape index (κ2) is 5.13. The van der Waals surface area contributed by atoms with Crippen LogP contribution in [0.15, 0.2) is 18.2 Å². The molecule has 0 saturated heterocycles. The summed E-state index contributed by atoms with van der Waals surface area (Å²) in [4.78, 5) is 0. The highest BCUT2D eigenvalue weighted by molar-refractivity contribution is 6.32. The number of benzene rings is 1. The van der Waals surface area contributed by atoms with E-state index in [0.717, 1.165) is 5.56 Å². The predicted molar refractivity (Wildman–Crippen MR) is 57.4 cm³/mol. The van der Waals surface area contributed by atoms with Crippen molar-refractivity contribution in [3.63, 3.8) is 0 Å². The Labute approximate surface area is 93.5 Å². The molecule has 0 bridgehead atoms. The molecule has 0 aliphatic rings. The van der Waals surface area contributed by atoms with Gasteiger partial charge >= 0.3 is 0 Å².